The number of nitrogens with zero attached hydrogens (tertiary/aromatic N) is 4. The fraction of sp³-hybridized carbons (Fsp3) is 0.211. The number of nitrogens with one attached hydrogen (secondary N) is 1. The van der Waals surface area contributed by atoms with Gasteiger partial charge in [0.05, 0.1) is 19.0 Å². The van der Waals surface area contributed by atoms with Crippen LogP contribution in [0.1, 0.15) is 27.8 Å². The number of hydrogen-bond acceptors (Lipinski definition) is 8. The molecule has 0 bridgehead atoms. The van der Waals surface area contributed by atoms with Gasteiger partial charge in [-0.15, -0.1) is 0 Å². The third kappa shape index (κ3) is 5.29. The number of hydrogen-bond donors (Lipinski definition) is 3. The summed E-state index contributed by atoms with van der Waals surface area (Å²) < 4.78 is 12.7. The number of carboxylic acids is 1. The number of carbonyl (C=O) groups is 2. The Bertz CT molecular complexity index is 1050. The molecule has 0 saturated heterocycles. The fourth-order valence-electron chi connectivity index (χ4n) is 2.37. The van der Waals surface area contributed by atoms with Gasteiger partial charge >= 0.3 is 5.97 Å². The molecular weight excluding hydrogens is 394 g/mol. The van der Waals surface area contributed by atoms with Gasteiger partial charge in [0, 0.05) is 30.9 Å². The quantitative estimate of drug-likeness (QED) is 0.502. The van der Waals surface area contributed by atoms with Crippen LogP contribution in [0.25, 0.3) is 0 Å². The maximum atomic E-state index is 12.6. The normalized spacial score (nSPS) is 11.6. The summed E-state index contributed by atoms with van der Waals surface area (Å²) in [5, 5.41) is 24.9. The Labute approximate surface area is 170 Å². The number of aromatic nitrogens is 4. The van der Waals surface area contributed by atoms with Gasteiger partial charge in [-0.2, -0.15) is 5.10 Å². The van der Waals surface area contributed by atoms with E-state index in [0.29, 0.717) is 5.82 Å². The lowest BCUT2D eigenvalue weighted by Crippen LogP contribution is -2.17. The van der Waals surface area contributed by atoms with Crippen molar-refractivity contribution in [2.75, 3.05) is 11.9 Å². The van der Waals surface area contributed by atoms with Gasteiger partial charge in [-0.05, 0) is 19.1 Å². The van der Waals surface area contributed by atoms with Gasteiger partial charge in [-0.25, -0.2) is 14.8 Å². The highest BCUT2D eigenvalue weighted by Crippen LogP contribution is 2.27. The standard InChI is InChI=1S/C19H19N5O6/c1-11(10-25)29-13-5-12(18(26)22-16-3-4-24(2)23-16)6-14(7-13)30-17-9-20-15(8-21-17)19(27)28/h3-9,11,25H,10H2,1-2H3,(H,27,28)(H,22,23,26)/t11-/m0/s1. The largest absolute Gasteiger partial charge is 0.488 e. The van der Waals surface area contributed by atoms with Crippen molar-refractivity contribution in [3.8, 4) is 17.4 Å². The molecule has 2 heterocycles. The summed E-state index contributed by atoms with van der Waals surface area (Å²) in [6.07, 6.45) is 3.38. The van der Waals surface area contributed by atoms with Crippen LogP contribution in [0.2, 0.25) is 0 Å². The predicted octanol–water partition coefficient (Wildman–Crippen LogP) is 1.71. The Morgan fingerprint density at radius 2 is 1.97 bits per heavy atom. The van der Waals surface area contributed by atoms with Crippen LogP contribution in [0.4, 0.5) is 5.82 Å². The monoisotopic (exact) mass is 413 g/mol. The first-order chi connectivity index (χ1) is 14.3. The van der Waals surface area contributed by atoms with E-state index in [4.69, 9.17) is 14.6 Å². The van der Waals surface area contributed by atoms with Crippen LogP contribution < -0.4 is 14.8 Å². The van der Waals surface area contributed by atoms with Crippen LogP contribution in [0, 0.1) is 0 Å². The highest BCUT2D eigenvalue weighted by Gasteiger charge is 2.15. The van der Waals surface area contributed by atoms with Gasteiger partial charge in [0.25, 0.3) is 5.91 Å². The van der Waals surface area contributed by atoms with Crippen molar-refractivity contribution in [2.24, 2.45) is 7.05 Å². The molecule has 2 aromatic heterocycles. The van der Waals surface area contributed by atoms with Crippen molar-refractivity contribution >= 4 is 17.7 Å². The first-order valence-corrected chi connectivity index (χ1v) is 8.81. The van der Waals surface area contributed by atoms with Crippen LogP contribution in [0.15, 0.2) is 42.9 Å². The Morgan fingerprint density at radius 3 is 2.57 bits per heavy atom. The summed E-state index contributed by atoms with van der Waals surface area (Å²) in [5.41, 5.74) is -0.0139. The van der Waals surface area contributed by atoms with E-state index < -0.39 is 18.0 Å². The molecule has 3 rings (SSSR count). The zero-order valence-electron chi connectivity index (χ0n) is 16.1. The number of aromatic carboxylic acids is 1. The first-order valence-electron chi connectivity index (χ1n) is 8.81. The summed E-state index contributed by atoms with van der Waals surface area (Å²) in [6, 6.07) is 6.11. The zero-order valence-corrected chi connectivity index (χ0v) is 16.1. The molecule has 30 heavy (non-hydrogen) atoms. The van der Waals surface area contributed by atoms with Gasteiger partial charge in [0.2, 0.25) is 5.88 Å². The first kappa shape index (κ1) is 20.7. The molecule has 3 N–H and O–H groups in total. The van der Waals surface area contributed by atoms with Crippen LogP contribution in [-0.4, -0.2) is 54.5 Å². The van der Waals surface area contributed by atoms with Crippen molar-refractivity contribution in [2.45, 2.75) is 13.0 Å². The van der Waals surface area contributed by atoms with Crippen LogP contribution in [-0.2, 0) is 7.05 Å². The third-order valence-corrected chi connectivity index (χ3v) is 3.76. The Kier molecular flexibility index (Phi) is 6.23. The summed E-state index contributed by atoms with van der Waals surface area (Å²) in [5.74, 6) is -0.765. The molecule has 0 saturated carbocycles. The van der Waals surface area contributed by atoms with Crippen molar-refractivity contribution in [3.63, 3.8) is 0 Å². The van der Waals surface area contributed by atoms with E-state index in [1.807, 2.05) is 0 Å². The van der Waals surface area contributed by atoms with Crippen LogP contribution >= 0.6 is 0 Å². The van der Waals surface area contributed by atoms with Crippen molar-refractivity contribution < 1.29 is 29.3 Å². The van der Waals surface area contributed by atoms with Crippen molar-refractivity contribution in [1.82, 2.24) is 19.7 Å². The van der Waals surface area contributed by atoms with Gasteiger partial charge in [0.1, 0.15) is 17.6 Å². The van der Waals surface area contributed by atoms with Crippen LogP contribution in [0.5, 0.6) is 17.4 Å². The van der Waals surface area contributed by atoms with E-state index in [0.717, 1.165) is 12.4 Å². The number of benzene rings is 1. The molecule has 156 valence electrons. The predicted molar refractivity (Wildman–Crippen MR) is 104 cm³/mol. The smallest absolute Gasteiger partial charge is 0.356 e. The van der Waals surface area contributed by atoms with E-state index in [9.17, 15) is 14.7 Å². The minimum absolute atomic E-state index is 0.0310. The highest BCUT2D eigenvalue weighted by molar-refractivity contribution is 6.04. The Morgan fingerprint density at radius 1 is 1.20 bits per heavy atom. The number of aryl methyl sites for hydroxylation is 1. The molecule has 11 heteroatoms. The number of carbonyl (C=O) groups excluding carboxylic acids is 1. The maximum absolute atomic E-state index is 12.6. The Balaban J connectivity index is 1.87. The molecule has 0 radical (unpaired) electrons. The minimum Gasteiger partial charge on any atom is -0.488 e. The number of ether oxygens (including phenoxy) is 2. The lowest BCUT2D eigenvalue weighted by molar-refractivity contribution is 0.0689. The lowest BCUT2D eigenvalue weighted by atomic mass is 10.2. The van der Waals surface area contributed by atoms with E-state index in [2.05, 4.69) is 20.4 Å². The van der Waals surface area contributed by atoms with Gasteiger partial charge in [-0.3, -0.25) is 9.48 Å². The van der Waals surface area contributed by atoms with Gasteiger partial charge in [0.15, 0.2) is 11.5 Å². The average molecular weight is 413 g/mol. The number of amides is 1. The second kappa shape index (κ2) is 9.01. The second-order valence-electron chi connectivity index (χ2n) is 6.28. The molecule has 11 nitrogen and oxygen atoms in total. The molecule has 1 atom stereocenters. The topological polar surface area (TPSA) is 149 Å². The number of aliphatic hydroxyl groups excluding tert-OH is 1. The summed E-state index contributed by atoms with van der Waals surface area (Å²) in [6.45, 7) is 1.44. The van der Waals surface area contributed by atoms with Gasteiger partial charge < -0.3 is 25.0 Å². The van der Waals surface area contributed by atoms with Crippen molar-refractivity contribution in [1.29, 1.82) is 0 Å². The molecule has 0 aliphatic carbocycles. The van der Waals surface area contributed by atoms with E-state index in [1.54, 1.807) is 30.9 Å². The number of carboxylic acid groups (broad SMARTS) is 1. The van der Waals surface area contributed by atoms with Crippen molar-refractivity contribution in [3.05, 3.63) is 54.1 Å². The third-order valence-electron chi connectivity index (χ3n) is 3.76. The number of anilines is 1. The van der Waals surface area contributed by atoms with E-state index in [-0.39, 0.29) is 35.2 Å². The summed E-state index contributed by atoms with van der Waals surface area (Å²) in [4.78, 5) is 31.1. The molecule has 0 unspecified atom stereocenters. The SMILES string of the molecule is C[C@@H](CO)Oc1cc(Oc2cnc(C(=O)O)cn2)cc(C(=O)Nc2ccn(C)n2)c1. The highest BCUT2D eigenvalue weighted by atomic mass is 16.5. The minimum atomic E-state index is -1.21. The number of rotatable bonds is 8. The average Bonchev–Trinajstić information content (AvgIpc) is 3.12. The fourth-order valence-corrected chi connectivity index (χ4v) is 2.37. The molecule has 0 fully saturated rings. The molecular formula is C19H19N5O6. The zero-order chi connectivity index (χ0) is 21.7. The Hall–Kier alpha value is -3.99. The second-order valence-corrected chi connectivity index (χ2v) is 6.28. The maximum Gasteiger partial charge on any atom is 0.356 e. The van der Waals surface area contributed by atoms with Crippen LogP contribution in [0.3, 0.4) is 0 Å². The molecule has 0 spiro atoms. The number of aliphatic hydroxyl groups is 1. The molecule has 0 aliphatic heterocycles. The van der Waals surface area contributed by atoms with E-state index in [1.165, 1.54) is 18.2 Å². The molecule has 3 aromatic rings. The lowest BCUT2D eigenvalue weighted by Gasteiger charge is -2.15. The molecule has 1 aromatic carbocycles. The molecule has 1 amide bonds. The summed E-state index contributed by atoms with van der Waals surface area (Å²) >= 11 is 0. The molecule has 0 aliphatic rings. The summed E-state index contributed by atoms with van der Waals surface area (Å²) in [7, 11) is 1.73. The van der Waals surface area contributed by atoms with Gasteiger partial charge in [-0.1, -0.05) is 0 Å². The van der Waals surface area contributed by atoms with E-state index >= 15 is 0 Å².